The molecule has 0 saturated heterocycles. The highest BCUT2D eigenvalue weighted by molar-refractivity contribution is 5.91. The van der Waals surface area contributed by atoms with Crippen molar-refractivity contribution in [3.05, 3.63) is 63.4 Å². The highest BCUT2D eigenvalue weighted by atomic mass is 16.6. The van der Waals surface area contributed by atoms with Crippen molar-refractivity contribution in [1.82, 2.24) is 5.32 Å². The second kappa shape index (κ2) is 6.67. The SMILES string of the molecule is COCc1ccccc1CNC(=O)c1ccc([N+](=O)[O-])o1. The Morgan fingerprint density at radius 1 is 1.29 bits per heavy atom. The van der Waals surface area contributed by atoms with E-state index in [4.69, 9.17) is 9.15 Å². The molecule has 7 nitrogen and oxygen atoms in total. The molecule has 0 saturated carbocycles. The molecule has 0 aliphatic carbocycles. The number of nitro groups is 1. The van der Waals surface area contributed by atoms with Gasteiger partial charge in [0.1, 0.15) is 4.92 Å². The number of carbonyl (C=O) groups excluding carboxylic acids is 1. The Labute approximate surface area is 120 Å². The van der Waals surface area contributed by atoms with Crippen LogP contribution in [0.25, 0.3) is 0 Å². The molecule has 1 amide bonds. The van der Waals surface area contributed by atoms with Crippen LogP contribution in [0, 0.1) is 10.1 Å². The Bertz CT molecular complexity index is 650. The van der Waals surface area contributed by atoms with Crippen LogP contribution in [0.4, 0.5) is 5.88 Å². The number of nitrogens with zero attached hydrogens (tertiary/aromatic N) is 1. The van der Waals surface area contributed by atoms with Gasteiger partial charge in [-0.2, -0.15) is 0 Å². The van der Waals surface area contributed by atoms with E-state index in [-0.39, 0.29) is 12.3 Å². The summed E-state index contributed by atoms with van der Waals surface area (Å²) in [4.78, 5) is 21.7. The number of amides is 1. The minimum absolute atomic E-state index is 0.0917. The summed E-state index contributed by atoms with van der Waals surface area (Å²) in [5.41, 5.74) is 1.87. The monoisotopic (exact) mass is 290 g/mol. The van der Waals surface area contributed by atoms with Crippen molar-refractivity contribution in [2.45, 2.75) is 13.2 Å². The molecule has 21 heavy (non-hydrogen) atoms. The van der Waals surface area contributed by atoms with Gasteiger partial charge in [-0.1, -0.05) is 24.3 Å². The zero-order valence-electron chi connectivity index (χ0n) is 11.4. The van der Waals surface area contributed by atoms with Crippen molar-refractivity contribution >= 4 is 11.8 Å². The first-order chi connectivity index (χ1) is 10.1. The lowest BCUT2D eigenvalue weighted by atomic mass is 10.1. The number of furan rings is 1. The molecule has 2 rings (SSSR count). The highest BCUT2D eigenvalue weighted by Crippen LogP contribution is 2.16. The molecule has 1 aromatic heterocycles. The number of ether oxygens (including phenoxy) is 1. The fourth-order valence-corrected chi connectivity index (χ4v) is 1.84. The van der Waals surface area contributed by atoms with E-state index in [0.29, 0.717) is 6.61 Å². The van der Waals surface area contributed by atoms with Crippen LogP contribution < -0.4 is 5.32 Å². The van der Waals surface area contributed by atoms with E-state index in [1.54, 1.807) is 7.11 Å². The number of carbonyl (C=O) groups is 1. The van der Waals surface area contributed by atoms with Crippen LogP contribution in [0.1, 0.15) is 21.7 Å². The molecular weight excluding hydrogens is 276 g/mol. The topological polar surface area (TPSA) is 94.6 Å². The number of rotatable bonds is 6. The molecular formula is C14H14N2O5. The summed E-state index contributed by atoms with van der Waals surface area (Å²) in [7, 11) is 1.59. The molecule has 2 aromatic rings. The Hall–Kier alpha value is -2.67. The van der Waals surface area contributed by atoms with E-state index >= 15 is 0 Å². The van der Waals surface area contributed by atoms with Gasteiger partial charge in [-0.3, -0.25) is 14.9 Å². The molecule has 1 aromatic carbocycles. The number of nitrogens with one attached hydrogen (secondary N) is 1. The molecule has 0 radical (unpaired) electrons. The summed E-state index contributed by atoms with van der Waals surface area (Å²) in [6.45, 7) is 0.727. The lowest BCUT2D eigenvalue weighted by Gasteiger charge is -2.09. The summed E-state index contributed by atoms with van der Waals surface area (Å²) in [6, 6.07) is 9.94. The zero-order chi connectivity index (χ0) is 15.2. The Morgan fingerprint density at radius 3 is 2.62 bits per heavy atom. The Balaban J connectivity index is 2.02. The third-order valence-corrected chi connectivity index (χ3v) is 2.85. The molecule has 0 atom stereocenters. The highest BCUT2D eigenvalue weighted by Gasteiger charge is 2.17. The average molecular weight is 290 g/mol. The van der Waals surface area contributed by atoms with Crippen LogP contribution in [-0.4, -0.2) is 17.9 Å². The number of hydrogen-bond donors (Lipinski definition) is 1. The van der Waals surface area contributed by atoms with Gasteiger partial charge in [0.2, 0.25) is 0 Å². The Kier molecular flexibility index (Phi) is 4.68. The first kappa shape index (κ1) is 14.7. The van der Waals surface area contributed by atoms with Crippen molar-refractivity contribution in [3.8, 4) is 0 Å². The summed E-state index contributed by atoms with van der Waals surface area (Å²) < 4.78 is 9.92. The average Bonchev–Trinajstić information content (AvgIpc) is 2.96. The van der Waals surface area contributed by atoms with Crippen molar-refractivity contribution < 1.29 is 18.9 Å². The van der Waals surface area contributed by atoms with E-state index in [0.717, 1.165) is 17.2 Å². The van der Waals surface area contributed by atoms with Gasteiger partial charge in [0, 0.05) is 13.7 Å². The van der Waals surface area contributed by atoms with E-state index in [1.807, 2.05) is 24.3 Å². The third kappa shape index (κ3) is 3.67. The molecule has 1 heterocycles. The summed E-state index contributed by atoms with van der Waals surface area (Å²) in [5.74, 6) is -1.05. The summed E-state index contributed by atoms with van der Waals surface area (Å²) >= 11 is 0. The van der Waals surface area contributed by atoms with Gasteiger partial charge in [-0.15, -0.1) is 0 Å². The first-order valence-electron chi connectivity index (χ1n) is 6.20. The quantitative estimate of drug-likeness (QED) is 0.650. The van der Waals surface area contributed by atoms with Gasteiger partial charge in [0.05, 0.1) is 12.7 Å². The van der Waals surface area contributed by atoms with Crippen molar-refractivity contribution in [3.63, 3.8) is 0 Å². The maximum Gasteiger partial charge on any atom is 0.433 e. The van der Waals surface area contributed by atoms with E-state index in [9.17, 15) is 14.9 Å². The van der Waals surface area contributed by atoms with Gasteiger partial charge in [0.25, 0.3) is 5.91 Å². The van der Waals surface area contributed by atoms with Crippen LogP contribution in [0.3, 0.4) is 0 Å². The molecule has 0 bridgehead atoms. The van der Waals surface area contributed by atoms with Gasteiger partial charge in [-0.25, -0.2) is 0 Å². The van der Waals surface area contributed by atoms with Crippen LogP contribution in [0.5, 0.6) is 0 Å². The van der Waals surface area contributed by atoms with E-state index in [2.05, 4.69) is 5.32 Å². The second-order valence-corrected chi connectivity index (χ2v) is 4.28. The molecule has 0 unspecified atom stereocenters. The smallest absolute Gasteiger partial charge is 0.395 e. The predicted molar refractivity (Wildman–Crippen MR) is 73.7 cm³/mol. The van der Waals surface area contributed by atoms with Crippen LogP contribution in [0.15, 0.2) is 40.8 Å². The molecule has 0 fully saturated rings. The lowest BCUT2D eigenvalue weighted by Crippen LogP contribution is -2.23. The predicted octanol–water partition coefficient (Wildman–Crippen LogP) is 2.26. The van der Waals surface area contributed by atoms with E-state index < -0.39 is 16.7 Å². The number of benzene rings is 1. The van der Waals surface area contributed by atoms with Crippen molar-refractivity contribution in [1.29, 1.82) is 0 Å². The minimum atomic E-state index is -0.690. The minimum Gasteiger partial charge on any atom is -0.395 e. The fraction of sp³-hybridized carbons (Fsp3) is 0.214. The largest absolute Gasteiger partial charge is 0.433 e. The maximum atomic E-state index is 11.9. The molecule has 1 N–H and O–H groups in total. The number of methoxy groups -OCH3 is 1. The number of hydrogen-bond acceptors (Lipinski definition) is 5. The second-order valence-electron chi connectivity index (χ2n) is 4.28. The van der Waals surface area contributed by atoms with Gasteiger partial charge in [-0.05, 0) is 17.2 Å². The summed E-state index contributed by atoms with van der Waals surface area (Å²) in [6.07, 6.45) is 0. The molecule has 0 aliphatic heterocycles. The van der Waals surface area contributed by atoms with Crippen molar-refractivity contribution in [2.24, 2.45) is 0 Å². The van der Waals surface area contributed by atoms with Gasteiger partial charge in [0.15, 0.2) is 5.76 Å². The lowest BCUT2D eigenvalue weighted by molar-refractivity contribution is -0.402. The molecule has 0 aliphatic rings. The molecule has 7 heteroatoms. The van der Waals surface area contributed by atoms with Crippen LogP contribution in [0.2, 0.25) is 0 Å². The van der Waals surface area contributed by atoms with Crippen LogP contribution in [-0.2, 0) is 17.9 Å². The molecule has 0 spiro atoms. The first-order valence-corrected chi connectivity index (χ1v) is 6.20. The third-order valence-electron chi connectivity index (χ3n) is 2.85. The zero-order valence-corrected chi connectivity index (χ0v) is 11.4. The van der Waals surface area contributed by atoms with Gasteiger partial charge >= 0.3 is 5.88 Å². The normalized spacial score (nSPS) is 10.3. The maximum absolute atomic E-state index is 11.9. The Morgan fingerprint density at radius 2 is 2.00 bits per heavy atom. The van der Waals surface area contributed by atoms with E-state index in [1.165, 1.54) is 6.07 Å². The van der Waals surface area contributed by atoms with Gasteiger partial charge < -0.3 is 14.5 Å². The summed E-state index contributed by atoms with van der Waals surface area (Å²) in [5, 5.41) is 13.2. The fourth-order valence-electron chi connectivity index (χ4n) is 1.84. The van der Waals surface area contributed by atoms with Crippen LogP contribution >= 0.6 is 0 Å². The standard InChI is InChI=1S/C14H14N2O5/c1-20-9-11-5-3-2-4-10(11)8-15-14(17)12-6-7-13(21-12)16(18)19/h2-7H,8-9H2,1H3,(H,15,17). The van der Waals surface area contributed by atoms with Crippen molar-refractivity contribution in [2.75, 3.05) is 7.11 Å². The molecule has 110 valence electrons.